The lowest BCUT2D eigenvalue weighted by molar-refractivity contribution is -0.146. The normalized spacial score (nSPS) is 14.8. The van der Waals surface area contributed by atoms with Gasteiger partial charge in [0.15, 0.2) is 0 Å². The fourth-order valence-corrected chi connectivity index (χ4v) is 2.10. The Morgan fingerprint density at radius 1 is 1.00 bits per heavy atom. The highest BCUT2D eigenvalue weighted by molar-refractivity contribution is 6.35. The third kappa shape index (κ3) is 5.61. The van der Waals surface area contributed by atoms with E-state index in [1.54, 1.807) is 11.8 Å². The van der Waals surface area contributed by atoms with Gasteiger partial charge in [-0.2, -0.15) is 0 Å². The van der Waals surface area contributed by atoms with Gasteiger partial charge in [0, 0.05) is 32.7 Å². The fraction of sp³-hybridized carbons (Fsp3) is 0.786. The minimum absolute atomic E-state index is 0.331. The van der Waals surface area contributed by atoms with Crippen molar-refractivity contribution >= 4 is 17.9 Å². The maximum atomic E-state index is 11.9. The van der Waals surface area contributed by atoms with E-state index in [0.717, 1.165) is 19.3 Å². The molecule has 1 saturated heterocycles. The molecule has 21 heavy (non-hydrogen) atoms. The molecule has 3 amide bonds. The molecule has 1 rings (SSSR count). The predicted octanol–water partition coefficient (Wildman–Crippen LogP) is 0.593. The molecule has 0 aromatic heterocycles. The summed E-state index contributed by atoms with van der Waals surface area (Å²) in [6.07, 6.45) is 2.62. The van der Waals surface area contributed by atoms with Crippen LogP contribution < -0.4 is 5.32 Å². The molecule has 0 aliphatic carbocycles. The van der Waals surface area contributed by atoms with E-state index in [-0.39, 0.29) is 6.09 Å². The highest BCUT2D eigenvalue weighted by Crippen LogP contribution is 2.04. The Kier molecular flexibility index (Phi) is 7.56. The monoisotopic (exact) mass is 299 g/mol. The molecular weight excluding hydrogens is 274 g/mol. The van der Waals surface area contributed by atoms with Gasteiger partial charge in [0.05, 0.1) is 6.61 Å². The van der Waals surface area contributed by atoms with E-state index >= 15 is 0 Å². The zero-order chi connectivity index (χ0) is 15.7. The SMILES string of the molecule is CCCCCNC(=O)C(=O)N1CCN(C(=O)OCC)CC1. The van der Waals surface area contributed by atoms with Crippen molar-refractivity contribution in [1.82, 2.24) is 15.1 Å². The van der Waals surface area contributed by atoms with Crippen LogP contribution in [0.15, 0.2) is 0 Å². The van der Waals surface area contributed by atoms with Crippen molar-refractivity contribution in [2.24, 2.45) is 0 Å². The van der Waals surface area contributed by atoms with E-state index < -0.39 is 11.8 Å². The first-order chi connectivity index (χ1) is 10.1. The third-order valence-electron chi connectivity index (χ3n) is 3.35. The molecule has 1 fully saturated rings. The van der Waals surface area contributed by atoms with Gasteiger partial charge in [-0.05, 0) is 13.3 Å². The van der Waals surface area contributed by atoms with Crippen molar-refractivity contribution in [2.75, 3.05) is 39.3 Å². The lowest BCUT2D eigenvalue weighted by Crippen LogP contribution is -2.54. The van der Waals surface area contributed by atoms with Crippen LogP contribution in [0.5, 0.6) is 0 Å². The maximum absolute atomic E-state index is 11.9. The van der Waals surface area contributed by atoms with Gasteiger partial charge in [-0.15, -0.1) is 0 Å². The van der Waals surface area contributed by atoms with Crippen molar-refractivity contribution in [3.63, 3.8) is 0 Å². The Morgan fingerprint density at radius 2 is 1.62 bits per heavy atom. The standard InChI is InChI=1S/C14H25N3O4/c1-3-5-6-7-15-12(18)13(19)16-8-10-17(11-9-16)14(20)21-4-2/h3-11H2,1-2H3,(H,15,18). The number of nitrogens with one attached hydrogen (secondary N) is 1. The molecule has 0 unspecified atom stereocenters. The molecule has 7 heteroatoms. The zero-order valence-electron chi connectivity index (χ0n) is 12.9. The number of rotatable bonds is 5. The molecule has 0 saturated carbocycles. The number of ether oxygens (including phenoxy) is 1. The Hall–Kier alpha value is -1.79. The highest BCUT2D eigenvalue weighted by Gasteiger charge is 2.27. The number of piperazine rings is 1. The number of carbonyl (C=O) groups excluding carboxylic acids is 3. The molecule has 1 N–H and O–H groups in total. The van der Waals surface area contributed by atoms with Crippen molar-refractivity contribution in [2.45, 2.75) is 33.1 Å². The summed E-state index contributed by atoms with van der Waals surface area (Å²) in [6.45, 7) is 6.21. The first-order valence-corrected chi connectivity index (χ1v) is 7.59. The largest absolute Gasteiger partial charge is 0.450 e. The van der Waals surface area contributed by atoms with Crippen LogP contribution in [0.3, 0.4) is 0 Å². The molecule has 120 valence electrons. The van der Waals surface area contributed by atoms with Crippen LogP contribution in [0.4, 0.5) is 4.79 Å². The number of carbonyl (C=O) groups is 3. The molecule has 7 nitrogen and oxygen atoms in total. The Labute approximate surface area is 125 Å². The first-order valence-electron chi connectivity index (χ1n) is 7.59. The summed E-state index contributed by atoms with van der Waals surface area (Å²) in [7, 11) is 0. The van der Waals surface area contributed by atoms with Crippen LogP contribution in [0, 0.1) is 0 Å². The summed E-state index contributed by atoms with van der Waals surface area (Å²) in [5.74, 6) is -1.08. The average Bonchev–Trinajstić information content (AvgIpc) is 2.51. The predicted molar refractivity (Wildman–Crippen MR) is 77.7 cm³/mol. The molecule has 1 aliphatic heterocycles. The number of hydrogen-bond acceptors (Lipinski definition) is 4. The molecule has 0 radical (unpaired) electrons. The lowest BCUT2D eigenvalue weighted by atomic mass is 10.2. The van der Waals surface area contributed by atoms with Gasteiger partial charge in [-0.1, -0.05) is 19.8 Å². The van der Waals surface area contributed by atoms with Gasteiger partial charge < -0.3 is 19.9 Å². The Balaban J connectivity index is 2.31. The molecule has 0 aromatic rings. The topological polar surface area (TPSA) is 79.0 Å². The van der Waals surface area contributed by atoms with E-state index in [4.69, 9.17) is 4.74 Å². The van der Waals surface area contributed by atoms with E-state index in [9.17, 15) is 14.4 Å². The summed E-state index contributed by atoms with van der Waals surface area (Å²) < 4.78 is 4.90. The smallest absolute Gasteiger partial charge is 0.409 e. The third-order valence-corrected chi connectivity index (χ3v) is 3.35. The maximum Gasteiger partial charge on any atom is 0.409 e. The lowest BCUT2D eigenvalue weighted by Gasteiger charge is -2.33. The van der Waals surface area contributed by atoms with Crippen LogP contribution in [0.2, 0.25) is 0 Å². The Morgan fingerprint density at radius 3 is 2.19 bits per heavy atom. The second-order valence-electron chi connectivity index (χ2n) is 4.94. The number of nitrogens with zero attached hydrogens (tertiary/aromatic N) is 2. The minimum atomic E-state index is -0.560. The molecule has 0 bridgehead atoms. The van der Waals surface area contributed by atoms with E-state index in [1.165, 1.54) is 4.90 Å². The highest BCUT2D eigenvalue weighted by atomic mass is 16.6. The van der Waals surface area contributed by atoms with E-state index in [0.29, 0.717) is 39.3 Å². The fourth-order valence-electron chi connectivity index (χ4n) is 2.10. The zero-order valence-corrected chi connectivity index (χ0v) is 12.9. The average molecular weight is 299 g/mol. The van der Waals surface area contributed by atoms with Gasteiger partial charge in [-0.3, -0.25) is 9.59 Å². The quantitative estimate of drug-likeness (QED) is 0.595. The summed E-state index contributed by atoms with van der Waals surface area (Å²) in [5, 5.41) is 2.63. The van der Waals surface area contributed by atoms with Gasteiger partial charge in [0.25, 0.3) is 0 Å². The van der Waals surface area contributed by atoms with E-state index in [1.807, 2.05) is 0 Å². The summed E-state index contributed by atoms with van der Waals surface area (Å²) >= 11 is 0. The van der Waals surface area contributed by atoms with Crippen LogP contribution in [0.25, 0.3) is 0 Å². The first kappa shape index (κ1) is 17.3. The number of hydrogen-bond donors (Lipinski definition) is 1. The summed E-state index contributed by atoms with van der Waals surface area (Å²) in [5.41, 5.74) is 0. The molecule has 0 aromatic carbocycles. The molecule has 1 heterocycles. The second kappa shape index (κ2) is 9.20. The second-order valence-corrected chi connectivity index (χ2v) is 4.94. The molecule has 1 aliphatic rings. The molecular formula is C14H25N3O4. The van der Waals surface area contributed by atoms with Crippen molar-refractivity contribution in [3.8, 4) is 0 Å². The van der Waals surface area contributed by atoms with Gasteiger partial charge in [0.1, 0.15) is 0 Å². The van der Waals surface area contributed by atoms with Gasteiger partial charge in [-0.25, -0.2) is 4.79 Å². The summed E-state index contributed by atoms with van der Waals surface area (Å²) in [6, 6.07) is 0. The van der Waals surface area contributed by atoms with Crippen molar-refractivity contribution in [3.05, 3.63) is 0 Å². The summed E-state index contributed by atoms with van der Waals surface area (Å²) in [4.78, 5) is 38.2. The van der Waals surface area contributed by atoms with Gasteiger partial charge >= 0.3 is 17.9 Å². The van der Waals surface area contributed by atoms with Crippen LogP contribution in [-0.2, 0) is 14.3 Å². The molecule has 0 atom stereocenters. The van der Waals surface area contributed by atoms with Crippen LogP contribution in [-0.4, -0.2) is 67.0 Å². The van der Waals surface area contributed by atoms with E-state index in [2.05, 4.69) is 12.2 Å². The van der Waals surface area contributed by atoms with Crippen molar-refractivity contribution in [1.29, 1.82) is 0 Å². The van der Waals surface area contributed by atoms with Gasteiger partial charge in [0.2, 0.25) is 0 Å². The van der Waals surface area contributed by atoms with Crippen molar-refractivity contribution < 1.29 is 19.1 Å². The van der Waals surface area contributed by atoms with Crippen LogP contribution >= 0.6 is 0 Å². The van der Waals surface area contributed by atoms with Crippen LogP contribution in [0.1, 0.15) is 33.1 Å². The number of amides is 3. The minimum Gasteiger partial charge on any atom is -0.450 e. The molecule has 0 spiro atoms. The number of unbranched alkanes of at least 4 members (excludes halogenated alkanes) is 2. The Bertz CT molecular complexity index is 365.